The van der Waals surface area contributed by atoms with Crippen LogP contribution in [0.3, 0.4) is 0 Å². The van der Waals surface area contributed by atoms with Crippen LogP contribution >= 0.6 is 27.3 Å². The predicted molar refractivity (Wildman–Crippen MR) is 113 cm³/mol. The van der Waals surface area contributed by atoms with Crippen molar-refractivity contribution in [3.05, 3.63) is 45.0 Å². The molecular weight excluding hydrogens is 412 g/mol. The minimum absolute atomic E-state index is 0.110. The summed E-state index contributed by atoms with van der Waals surface area (Å²) in [5, 5.41) is 3.99. The van der Waals surface area contributed by atoms with E-state index >= 15 is 0 Å². The summed E-state index contributed by atoms with van der Waals surface area (Å²) < 4.78 is 0.991. The highest BCUT2D eigenvalue weighted by Crippen LogP contribution is 2.35. The van der Waals surface area contributed by atoms with Crippen LogP contribution < -0.4 is 10.2 Å². The van der Waals surface area contributed by atoms with Gasteiger partial charge in [-0.3, -0.25) is 4.79 Å². The molecule has 1 N–H and O–H groups in total. The number of rotatable bonds is 5. The first kappa shape index (κ1) is 18.8. The van der Waals surface area contributed by atoms with Crippen molar-refractivity contribution in [1.29, 1.82) is 0 Å². The number of nitrogens with one attached hydrogen (secondary N) is 1. The first-order valence-corrected chi connectivity index (χ1v) is 10.1. The van der Waals surface area contributed by atoms with Gasteiger partial charge in [-0.1, -0.05) is 15.9 Å². The molecule has 0 unspecified atom stereocenters. The molecule has 3 rings (SSSR count). The van der Waals surface area contributed by atoms with E-state index in [9.17, 15) is 4.79 Å². The fourth-order valence-electron chi connectivity index (χ4n) is 2.98. The van der Waals surface area contributed by atoms with Gasteiger partial charge in [0.1, 0.15) is 17.0 Å². The molecule has 2 heterocycles. The third-order valence-corrected chi connectivity index (χ3v) is 6.10. The van der Waals surface area contributed by atoms with E-state index in [4.69, 9.17) is 0 Å². The first-order valence-electron chi connectivity index (χ1n) is 8.52. The standard InChI is InChI=1S/C19H21BrN4OS/c1-5-24(6-2)17-15-12(4)16(26-19(15)22-10-21-17)18(25)23-14-8-7-13(20)9-11(14)3/h7-10H,5-6H2,1-4H3,(H,23,25). The first-order chi connectivity index (χ1) is 12.5. The maximum absolute atomic E-state index is 12.9. The highest BCUT2D eigenvalue weighted by atomic mass is 79.9. The Bertz CT molecular complexity index is 966. The number of benzene rings is 1. The molecule has 0 fully saturated rings. The summed E-state index contributed by atoms with van der Waals surface area (Å²) in [6, 6.07) is 5.81. The average Bonchev–Trinajstić information content (AvgIpc) is 2.96. The molecule has 0 aliphatic heterocycles. The number of nitrogens with zero attached hydrogens (tertiary/aromatic N) is 3. The van der Waals surface area contributed by atoms with Crippen molar-refractivity contribution in [3.63, 3.8) is 0 Å². The molecule has 0 aliphatic carbocycles. The molecule has 0 aliphatic rings. The van der Waals surface area contributed by atoms with Gasteiger partial charge in [0, 0.05) is 23.2 Å². The van der Waals surface area contributed by atoms with Crippen LogP contribution in [0.2, 0.25) is 0 Å². The van der Waals surface area contributed by atoms with Crippen LogP contribution in [-0.2, 0) is 0 Å². The van der Waals surface area contributed by atoms with E-state index in [0.29, 0.717) is 4.88 Å². The number of fused-ring (bicyclic) bond motifs is 1. The van der Waals surface area contributed by atoms with Crippen molar-refractivity contribution in [2.24, 2.45) is 0 Å². The van der Waals surface area contributed by atoms with Crippen molar-refractivity contribution >= 4 is 54.9 Å². The molecule has 136 valence electrons. The number of carbonyl (C=O) groups is 1. The van der Waals surface area contributed by atoms with Gasteiger partial charge in [0.2, 0.25) is 0 Å². The third kappa shape index (κ3) is 3.46. The zero-order valence-corrected chi connectivity index (χ0v) is 17.7. The van der Waals surface area contributed by atoms with Crippen LogP contribution in [0.4, 0.5) is 11.5 Å². The minimum Gasteiger partial charge on any atom is -0.357 e. The Morgan fingerprint density at radius 3 is 2.62 bits per heavy atom. The molecule has 0 atom stereocenters. The lowest BCUT2D eigenvalue weighted by Crippen LogP contribution is -2.23. The Kier molecular flexibility index (Phi) is 5.58. The molecule has 7 heteroatoms. The summed E-state index contributed by atoms with van der Waals surface area (Å²) in [5.41, 5.74) is 2.75. The van der Waals surface area contributed by atoms with Crippen molar-refractivity contribution < 1.29 is 4.79 Å². The molecule has 26 heavy (non-hydrogen) atoms. The van der Waals surface area contributed by atoms with Crippen LogP contribution in [0.15, 0.2) is 29.0 Å². The van der Waals surface area contributed by atoms with Crippen molar-refractivity contribution in [2.75, 3.05) is 23.3 Å². The molecule has 0 radical (unpaired) electrons. The number of aryl methyl sites for hydroxylation is 2. The Labute approximate surface area is 165 Å². The SMILES string of the molecule is CCN(CC)c1ncnc2sc(C(=O)Nc3ccc(Br)cc3C)c(C)c12. The number of amides is 1. The Balaban J connectivity index is 2.01. The van der Waals surface area contributed by atoms with Gasteiger partial charge in [-0.15, -0.1) is 11.3 Å². The van der Waals surface area contributed by atoms with E-state index in [1.807, 2.05) is 32.0 Å². The highest BCUT2D eigenvalue weighted by molar-refractivity contribution is 9.10. The molecule has 3 aromatic rings. The van der Waals surface area contributed by atoms with Gasteiger partial charge in [-0.2, -0.15) is 0 Å². The maximum Gasteiger partial charge on any atom is 0.266 e. The third-order valence-electron chi connectivity index (χ3n) is 4.41. The summed E-state index contributed by atoms with van der Waals surface area (Å²) in [6.07, 6.45) is 1.58. The second kappa shape index (κ2) is 7.72. The maximum atomic E-state index is 12.9. The quantitative estimate of drug-likeness (QED) is 0.603. The number of anilines is 2. The zero-order chi connectivity index (χ0) is 18.8. The zero-order valence-electron chi connectivity index (χ0n) is 15.3. The molecule has 0 saturated heterocycles. The van der Waals surface area contributed by atoms with Crippen LogP contribution in [0.25, 0.3) is 10.2 Å². The number of hydrogen-bond donors (Lipinski definition) is 1. The second-order valence-electron chi connectivity index (χ2n) is 6.02. The fourth-order valence-corrected chi connectivity index (χ4v) is 4.49. The number of hydrogen-bond acceptors (Lipinski definition) is 5. The molecule has 5 nitrogen and oxygen atoms in total. The smallest absolute Gasteiger partial charge is 0.266 e. The lowest BCUT2D eigenvalue weighted by Gasteiger charge is -2.20. The topological polar surface area (TPSA) is 58.1 Å². The Morgan fingerprint density at radius 1 is 1.23 bits per heavy atom. The fraction of sp³-hybridized carbons (Fsp3) is 0.316. The van der Waals surface area contributed by atoms with Crippen LogP contribution in [0, 0.1) is 13.8 Å². The Morgan fingerprint density at radius 2 is 1.96 bits per heavy atom. The van der Waals surface area contributed by atoms with Crippen molar-refractivity contribution in [2.45, 2.75) is 27.7 Å². The van der Waals surface area contributed by atoms with Crippen molar-refractivity contribution in [3.8, 4) is 0 Å². The van der Waals surface area contributed by atoms with E-state index in [0.717, 1.165) is 50.4 Å². The van der Waals surface area contributed by atoms with E-state index in [-0.39, 0.29) is 5.91 Å². The number of aromatic nitrogens is 2. The summed E-state index contributed by atoms with van der Waals surface area (Å²) >= 11 is 4.86. The summed E-state index contributed by atoms with van der Waals surface area (Å²) in [4.78, 5) is 25.5. The second-order valence-corrected chi connectivity index (χ2v) is 7.93. The van der Waals surface area contributed by atoms with Gasteiger partial charge in [0.15, 0.2) is 0 Å². The van der Waals surface area contributed by atoms with Gasteiger partial charge in [0.05, 0.1) is 10.3 Å². The molecular formula is C19H21BrN4OS. The lowest BCUT2D eigenvalue weighted by molar-refractivity contribution is 0.103. The molecule has 1 amide bonds. The molecule has 1 aromatic carbocycles. The summed E-state index contributed by atoms with van der Waals surface area (Å²) in [5.74, 6) is 0.786. The number of halogens is 1. The average molecular weight is 433 g/mol. The van der Waals surface area contributed by atoms with E-state index in [2.05, 4.69) is 50.0 Å². The molecule has 0 bridgehead atoms. The highest BCUT2D eigenvalue weighted by Gasteiger charge is 2.21. The lowest BCUT2D eigenvalue weighted by atomic mass is 10.1. The van der Waals surface area contributed by atoms with Crippen LogP contribution in [0.1, 0.15) is 34.6 Å². The van der Waals surface area contributed by atoms with E-state index in [1.54, 1.807) is 6.33 Å². The predicted octanol–water partition coefficient (Wildman–Crippen LogP) is 5.17. The van der Waals surface area contributed by atoms with Gasteiger partial charge >= 0.3 is 0 Å². The van der Waals surface area contributed by atoms with Crippen molar-refractivity contribution in [1.82, 2.24) is 9.97 Å². The number of carbonyl (C=O) groups excluding carboxylic acids is 1. The van der Waals surface area contributed by atoms with Gasteiger partial charge in [-0.25, -0.2) is 9.97 Å². The summed E-state index contributed by atoms with van der Waals surface area (Å²) in [6.45, 7) is 9.86. The van der Waals surface area contributed by atoms with Gasteiger partial charge in [-0.05, 0) is 57.0 Å². The molecule has 2 aromatic heterocycles. The summed E-state index contributed by atoms with van der Waals surface area (Å²) in [7, 11) is 0. The largest absolute Gasteiger partial charge is 0.357 e. The van der Waals surface area contributed by atoms with Gasteiger partial charge < -0.3 is 10.2 Å². The Hall–Kier alpha value is -1.99. The monoisotopic (exact) mass is 432 g/mol. The van der Waals surface area contributed by atoms with E-state index < -0.39 is 0 Å². The normalized spacial score (nSPS) is 11.0. The molecule has 0 saturated carbocycles. The van der Waals surface area contributed by atoms with Crippen LogP contribution in [0.5, 0.6) is 0 Å². The van der Waals surface area contributed by atoms with Gasteiger partial charge in [0.25, 0.3) is 5.91 Å². The van der Waals surface area contributed by atoms with E-state index in [1.165, 1.54) is 11.3 Å². The minimum atomic E-state index is -0.110. The molecule has 0 spiro atoms. The number of thiophene rings is 1. The van der Waals surface area contributed by atoms with Crippen LogP contribution in [-0.4, -0.2) is 29.0 Å².